The molecule has 5 aromatic carbocycles. The van der Waals surface area contributed by atoms with Gasteiger partial charge in [0.05, 0.1) is 5.39 Å². The molecule has 0 atom stereocenters. The molecule has 0 N–H and O–H groups in total. The molecule has 0 aliphatic heterocycles. The van der Waals surface area contributed by atoms with Crippen LogP contribution in [0.2, 0.25) is 0 Å². The highest BCUT2D eigenvalue weighted by Crippen LogP contribution is 2.38. The predicted molar refractivity (Wildman–Crippen MR) is 158 cm³/mol. The quantitative estimate of drug-likeness (QED) is 0.233. The van der Waals surface area contributed by atoms with Crippen LogP contribution in [0.3, 0.4) is 0 Å². The molecule has 0 unspecified atom stereocenters. The summed E-state index contributed by atoms with van der Waals surface area (Å²) in [5.74, 6) is 1.45. The summed E-state index contributed by atoms with van der Waals surface area (Å²) < 4.78 is 24.4. The van der Waals surface area contributed by atoms with Crippen LogP contribution in [-0.4, -0.2) is 4.98 Å². The fourth-order valence-corrected chi connectivity index (χ4v) is 5.68. The Morgan fingerprint density at radius 2 is 0.950 bits per heavy atom. The van der Waals surface area contributed by atoms with Gasteiger partial charge in [0.15, 0.2) is 5.58 Å². The Morgan fingerprint density at radius 3 is 1.70 bits per heavy atom. The Morgan fingerprint density at radius 1 is 0.425 bits per heavy atom. The van der Waals surface area contributed by atoms with Crippen molar-refractivity contribution in [3.05, 3.63) is 115 Å². The van der Waals surface area contributed by atoms with Gasteiger partial charge in [-0.2, -0.15) is 0 Å². The molecule has 0 saturated carbocycles. The molecular formula is C35H19NO4. The van der Waals surface area contributed by atoms with Crippen molar-refractivity contribution in [3.8, 4) is 22.6 Å². The van der Waals surface area contributed by atoms with Crippen LogP contribution in [0.15, 0.2) is 129 Å². The van der Waals surface area contributed by atoms with Gasteiger partial charge in [0, 0.05) is 27.7 Å². The van der Waals surface area contributed by atoms with Crippen molar-refractivity contribution in [1.29, 1.82) is 0 Å². The van der Waals surface area contributed by atoms with E-state index in [0.717, 1.165) is 82.8 Å². The molecule has 4 aromatic heterocycles. The average Bonchev–Trinajstić information content (AvgIpc) is 3.67. The van der Waals surface area contributed by atoms with E-state index in [1.165, 1.54) is 0 Å². The standard InChI is InChI=1S/C35H19NO4/c1-2-5-29-24(4-1)25-16-20(7-11-30(25)38-29)21-8-12-31-26(17-21)27-18-22(9-13-32(27)39-31)37-23-10-14-33-28(19-23)35-34(40-33)6-3-15-36-35/h1-19H. The summed E-state index contributed by atoms with van der Waals surface area (Å²) in [6, 6.07) is 36.3. The number of nitrogens with zero attached hydrogens (tertiary/aromatic N) is 1. The van der Waals surface area contributed by atoms with Crippen LogP contribution in [-0.2, 0) is 0 Å². The first-order chi connectivity index (χ1) is 19.8. The molecule has 0 spiro atoms. The summed E-state index contributed by atoms with van der Waals surface area (Å²) in [6.45, 7) is 0. The lowest BCUT2D eigenvalue weighted by Crippen LogP contribution is -1.84. The third kappa shape index (κ3) is 3.18. The highest BCUT2D eigenvalue weighted by Gasteiger charge is 2.13. The molecule has 0 fully saturated rings. The van der Waals surface area contributed by atoms with E-state index in [4.69, 9.17) is 18.0 Å². The van der Waals surface area contributed by atoms with E-state index in [9.17, 15) is 0 Å². The van der Waals surface area contributed by atoms with E-state index < -0.39 is 0 Å². The number of fused-ring (bicyclic) bond motifs is 9. The molecule has 0 aliphatic carbocycles. The molecule has 9 aromatic rings. The normalized spacial score (nSPS) is 12.0. The lowest BCUT2D eigenvalue weighted by Gasteiger charge is -2.06. The second-order valence-corrected chi connectivity index (χ2v) is 9.99. The van der Waals surface area contributed by atoms with Crippen LogP contribution in [0.25, 0.3) is 77.1 Å². The third-order valence-electron chi connectivity index (χ3n) is 7.58. The van der Waals surface area contributed by atoms with Crippen LogP contribution < -0.4 is 4.74 Å². The Kier molecular flexibility index (Phi) is 4.27. The van der Waals surface area contributed by atoms with Gasteiger partial charge in [-0.25, -0.2) is 0 Å². The molecule has 0 amide bonds. The third-order valence-corrected chi connectivity index (χ3v) is 7.58. The first-order valence-corrected chi connectivity index (χ1v) is 13.1. The van der Waals surface area contributed by atoms with Crippen LogP contribution >= 0.6 is 0 Å². The van der Waals surface area contributed by atoms with Gasteiger partial charge >= 0.3 is 0 Å². The molecular weight excluding hydrogens is 498 g/mol. The number of pyridine rings is 1. The van der Waals surface area contributed by atoms with Crippen molar-refractivity contribution in [2.75, 3.05) is 0 Å². The first-order valence-electron chi connectivity index (χ1n) is 13.1. The van der Waals surface area contributed by atoms with E-state index in [1.54, 1.807) is 6.20 Å². The second-order valence-electron chi connectivity index (χ2n) is 9.99. The molecule has 5 nitrogen and oxygen atoms in total. The SMILES string of the molecule is c1ccc2c(c1)oc1ccc(-c3ccc4oc5ccc(Oc6ccc7oc8cccnc8c7c6)cc5c4c3)cc12. The molecule has 5 heteroatoms. The maximum atomic E-state index is 6.30. The van der Waals surface area contributed by atoms with E-state index in [2.05, 4.69) is 35.3 Å². The number of aromatic nitrogens is 1. The molecule has 0 radical (unpaired) electrons. The summed E-state index contributed by atoms with van der Waals surface area (Å²) in [7, 11) is 0. The molecule has 9 rings (SSSR count). The molecule has 0 saturated heterocycles. The van der Waals surface area contributed by atoms with Gasteiger partial charge in [-0.3, -0.25) is 4.98 Å². The predicted octanol–water partition coefficient (Wildman–Crippen LogP) is 10.2. The highest BCUT2D eigenvalue weighted by molar-refractivity contribution is 6.09. The van der Waals surface area contributed by atoms with Crippen molar-refractivity contribution in [2.45, 2.75) is 0 Å². The number of para-hydroxylation sites is 1. The zero-order valence-corrected chi connectivity index (χ0v) is 21.0. The van der Waals surface area contributed by atoms with E-state index >= 15 is 0 Å². The van der Waals surface area contributed by atoms with E-state index in [0.29, 0.717) is 5.75 Å². The van der Waals surface area contributed by atoms with Crippen molar-refractivity contribution in [2.24, 2.45) is 0 Å². The lowest BCUT2D eigenvalue weighted by atomic mass is 10.0. The largest absolute Gasteiger partial charge is 0.457 e. The lowest BCUT2D eigenvalue weighted by molar-refractivity contribution is 0.483. The zero-order valence-electron chi connectivity index (χ0n) is 21.0. The number of benzene rings is 5. The minimum Gasteiger partial charge on any atom is -0.457 e. The smallest absolute Gasteiger partial charge is 0.153 e. The Hall–Kier alpha value is -5.55. The number of rotatable bonds is 3. The van der Waals surface area contributed by atoms with Gasteiger partial charge in [0.25, 0.3) is 0 Å². The van der Waals surface area contributed by atoms with E-state index in [-0.39, 0.29) is 0 Å². The molecule has 40 heavy (non-hydrogen) atoms. The van der Waals surface area contributed by atoms with Gasteiger partial charge in [-0.1, -0.05) is 30.3 Å². The summed E-state index contributed by atoms with van der Waals surface area (Å²) in [6.07, 6.45) is 1.77. The van der Waals surface area contributed by atoms with Gasteiger partial charge in [0.1, 0.15) is 44.9 Å². The fraction of sp³-hybridized carbons (Fsp3) is 0. The number of hydrogen-bond acceptors (Lipinski definition) is 5. The average molecular weight is 518 g/mol. The summed E-state index contributed by atoms with van der Waals surface area (Å²) in [5, 5.41) is 5.19. The maximum absolute atomic E-state index is 6.30. The van der Waals surface area contributed by atoms with Crippen molar-refractivity contribution < 1.29 is 18.0 Å². The molecule has 188 valence electrons. The van der Waals surface area contributed by atoms with E-state index in [1.807, 2.05) is 78.9 Å². The van der Waals surface area contributed by atoms with Crippen LogP contribution in [0, 0.1) is 0 Å². The summed E-state index contributed by atoms with van der Waals surface area (Å²) >= 11 is 0. The van der Waals surface area contributed by atoms with Gasteiger partial charge in [0.2, 0.25) is 0 Å². The van der Waals surface area contributed by atoms with Gasteiger partial charge in [-0.05, 0) is 90.0 Å². The van der Waals surface area contributed by atoms with Crippen molar-refractivity contribution in [1.82, 2.24) is 4.98 Å². The topological polar surface area (TPSA) is 61.5 Å². The van der Waals surface area contributed by atoms with Crippen LogP contribution in [0.5, 0.6) is 11.5 Å². The minimum atomic E-state index is 0.717. The Bertz CT molecular complexity index is 2420. The minimum absolute atomic E-state index is 0.717. The number of ether oxygens (including phenoxy) is 1. The summed E-state index contributed by atoms with van der Waals surface area (Å²) in [5.41, 5.74) is 8.04. The Labute approximate surface area is 226 Å². The monoisotopic (exact) mass is 517 g/mol. The number of hydrogen-bond donors (Lipinski definition) is 0. The highest BCUT2D eigenvalue weighted by atomic mass is 16.5. The number of furan rings is 3. The summed E-state index contributed by atoms with van der Waals surface area (Å²) in [4.78, 5) is 4.48. The van der Waals surface area contributed by atoms with Crippen molar-refractivity contribution >= 4 is 65.9 Å². The molecule has 0 bridgehead atoms. The Balaban J connectivity index is 1.13. The van der Waals surface area contributed by atoms with Gasteiger partial charge < -0.3 is 18.0 Å². The molecule has 4 heterocycles. The van der Waals surface area contributed by atoms with Crippen LogP contribution in [0.1, 0.15) is 0 Å². The zero-order chi connectivity index (χ0) is 26.2. The van der Waals surface area contributed by atoms with Gasteiger partial charge in [-0.15, -0.1) is 0 Å². The van der Waals surface area contributed by atoms with Crippen molar-refractivity contribution in [3.63, 3.8) is 0 Å². The fourth-order valence-electron chi connectivity index (χ4n) is 5.68. The maximum Gasteiger partial charge on any atom is 0.153 e. The second kappa shape index (κ2) is 7.98. The molecule has 0 aliphatic rings. The van der Waals surface area contributed by atoms with Crippen LogP contribution in [0.4, 0.5) is 0 Å². The first kappa shape index (κ1) is 21.4.